The lowest BCUT2D eigenvalue weighted by Gasteiger charge is -2.06. The van der Waals surface area contributed by atoms with E-state index in [4.69, 9.17) is 0 Å². The van der Waals surface area contributed by atoms with Gasteiger partial charge in [0, 0.05) is 19.8 Å². The summed E-state index contributed by atoms with van der Waals surface area (Å²) in [6, 6.07) is 3.82. The zero-order chi connectivity index (χ0) is 14.5. The lowest BCUT2D eigenvalue weighted by Crippen LogP contribution is -2.33. The van der Waals surface area contributed by atoms with E-state index < -0.39 is 11.1 Å². The number of pyridine rings is 1. The van der Waals surface area contributed by atoms with Crippen LogP contribution in [-0.4, -0.2) is 26.3 Å². The second-order valence-electron chi connectivity index (χ2n) is 4.09. The first kappa shape index (κ1) is 14.5. The fourth-order valence-corrected chi connectivity index (χ4v) is 2.23. The minimum absolute atomic E-state index is 0.390. The van der Waals surface area contributed by atoms with Crippen molar-refractivity contribution in [3.63, 3.8) is 0 Å². The predicted molar refractivity (Wildman–Crippen MR) is 75.8 cm³/mol. The van der Waals surface area contributed by atoms with Gasteiger partial charge >= 0.3 is 11.1 Å². The van der Waals surface area contributed by atoms with E-state index in [2.05, 4.69) is 20.4 Å². The first-order valence-electron chi connectivity index (χ1n) is 6.11. The van der Waals surface area contributed by atoms with Gasteiger partial charge in [0.15, 0.2) is 5.16 Å². The van der Waals surface area contributed by atoms with Gasteiger partial charge in [-0.25, -0.2) is 4.98 Å². The number of rotatable bonds is 5. The molecule has 0 radical (unpaired) electrons. The van der Waals surface area contributed by atoms with Crippen LogP contribution in [-0.2, 0) is 13.6 Å². The maximum atomic E-state index is 11.2. The quantitative estimate of drug-likeness (QED) is 0.761. The van der Waals surface area contributed by atoms with E-state index in [9.17, 15) is 9.59 Å². The first-order chi connectivity index (χ1) is 9.60. The van der Waals surface area contributed by atoms with E-state index in [1.807, 2.05) is 19.1 Å². The van der Waals surface area contributed by atoms with Crippen molar-refractivity contribution in [1.82, 2.24) is 25.1 Å². The molecule has 2 rings (SSSR count). The van der Waals surface area contributed by atoms with Gasteiger partial charge in [-0.2, -0.15) is 4.98 Å². The molecule has 0 aliphatic carbocycles. The number of H-pyrrole nitrogens is 1. The number of aromatic amines is 1. The summed E-state index contributed by atoms with van der Waals surface area (Å²) < 4.78 is 1.41. The van der Waals surface area contributed by atoms with Crippen LogP contribution in [0.2, 0.25) is 0 Å². The normalized spacial score (nSPS) is 10.7. The molecule has 0 amide bonds. The Balaban J connectivity index is 2.16. The van der Waals surface area contributed by atoms with Crippen LogP contribution in [0.25, 0.3) is 0 Å². The molecule has 0 saturated heterocycles. The maximum Gasteiger partial charge on any atom is 0.339 e. The van der Waals surface area contributed by atoms with E-state index in [0.717, 1.165) is 18.7 Å². The van der Waals surface area contributed by atoms with Gasteiger partial charge in [0.25, 0.3) is 0 Å². The third-order valence-electron chi connectivity index (χ3n) is 2.52. The van der Waals surface area contributed by atoms with Crippen LogP contribution in [0.15, 0.2) is 38.1 Å². The van der Waals surface area contributed by atoms with E-state index in [-0.39, 0.29) is 0 Å². The summed E-state index contributed by atoms with van der Waals surface area (Å²) in [7, 11) is 1.62. The molecule has 7 nitrogen and oxygen atoms in total. The molecule has 2 aromatic heterocycles. The third-order valence-corrected chi connectivity index (χ3v) is 3.52. The molecule has 0 saturated carbocycles. The highest BCUT2D eigenvalue weighted by atomic mass is 32.2. The van der Waals surface area contributed by atoms with E-state index >= 15 is 0 Å². The van der Waals surface area contributed by atoms with Gasteiger partial charge in [-0.1, -0.05) is 13.0 Å². The highest BCUT2D eigenvalue weighted by molar-refractivity contribution is 7.99. The summed E-state index contributed by atoms with van der Waals surface area (Å²) in [5.74, 6) is 0. The van der Waals surface area contributed by atoms with Crippen molar-refractivity contribution in [3.05, 3.63) is 44.6 Å². The van der Waals surface area contributed by atoms with Crippen LogP contribution in [0.1, 0.15) is 12.5 Å². The second kappa shape index (κ2) is 6.49. The minimum Gasteiger partial charge on any atom is -0.313 e. The molecule has 0 aromatic carbocycles. The number of aromatic nitrogens is 4. The Morgan fingerprint density at radius 1 is 1.40 bits per heavy atom. The summed E-state index contributed by atoms with van der Waals surface area (Å²) in [6.07, 6.45) is 1.77. The number of nitrogens with zero attached hydrogens (tertiary/aromatic N) is 3. The number of nitrogens with one attached hydrogen (secondary N) is 2. The van der Waals surface area contributed by atoms with Crippen molar-refractivity contribution in [2.24, 2.45) is 7.05 Å². The van der Waals surface area contributed by atoms with Crippen molar-refractivity contribution >= 4 is 11.8 Å². The number of hydrogen-bond acceptors (Lipinski definition) is 6. The zero-order valence-electron chi connectivity index (χ0n) is 11.2. The average Bonchev–Trinajstić information content (AvgIpc) is 2.44. The lowest BCUT2D eigenvalue weighted by molar-refractivity contribution is 0.596. The monoisotopic (exact) mass is 293 g/mol. The lowest BCUT2D eigenvalue weighted by atomic mass is 10.3. The molecule has 0 fully saturated rings. The van der Waals surface area contributed by atoms with Gasteiger partial charge in [-0.05, 0) is 29.9 Å². The first-order valence-corrected chi connectivity index (χ1v) is 6.92. The van der Waals surface area contributed by atoms with Crippen LogP contribution >= 0.6 is 11.8 Å². The largest absolute Gasteiger partial charge is 0.339 e. The van der Waals surface area contributed by atoms with Gasteiger partial charge in [0.1, 0.15) is 5.03 Å². The Morgan fingerprint density at radius 3 is 2.85 bits per heavy atom. The molecule has 20 heavy (non-hydrogen) atoms. The van der Waals surface area contributed by atoms with Crippen LogP contribution in [0, 0.1) is 0 Å². The fraction of sp³-hybridized carbons (Fsp3) is 0.333. The third kappa shape index (κ3) is 3.55. The SMILES string of the molecule is CCNCc1ccc(Sc2nc(=O)c(=O)[nH]n2C)nc1. The van der Waals surface area contributed by atoms with Crippen molar-refractivity contribution in [1.29, 1.82) is 0 Å². The fourth-order valence-electron chi connectivity index (χ4n) is 1.49. The van der Waals surface area contributed by atoms with Crippen LogP contribution in [0.5, 0.6) is 0 Å². The van der Waals surface area contributed by atoms with Crippen molar-refractivity contribution in [2.75, 3.05) is 6.54 Å². The molecule has 0 spiro atoms. The van der Waals surface area contributed by atoms with Gasteiger partial charge in [-0.3, -0.25) is 19.4 Å². The molecule has 0 unspecified atom stereocenters. The van der Waals surface area contributed by atoms with Crippen LogP contribution in [0.3, 0.4) is 0 Å². The Hall–Kier alpha value is -1.93. The zero-order valence-corrected chi connectivity index (χ0v) is 12.0. The summed E-state index contributed by atoms with van der Waals surface area (Å²) in [4.78, 5) is 30.4. The molecular formula is C12H15N5O2S. The standard InChI is InChI=1S/C12H15N5O2S/c1-3-13-6-8-4-5-9(14-7-8)20-12-15-10(18)11(19)16-17(12)2/h4-5,7,13H,3,6H2,1-2H3,(H,16,19). The topological polar surface area (TPSA) is 92.7 Å². The highest BCUT2D eigenvalue weighted by Crippen LogP contribution is 2.21. The Morgan fingerprint density at radius 2 is 2.20 bits per heavy atom. The van der Waals surface area contributed by atoms with Gasteiger partial charge < -0.3 is 5.32 Å². The Bertz CT molecular complexity index is 692. The van der Waals surface area contributed by atoms with E-state index in [0.29, 0.717) is 10.2 Å². The maximum absolute atomic E-state index is 11.2. The van der Waals surface area contributed by atoms with Gasteiger partial charge in [0.2, 0.25) is 0 Å². The smallest absolute Gasteiger partial charge is 0.313 e. The van der Waals surface area contributed by atoms with Crippen LogP contribution < -0.4 is 16.4 Å². The Labute approximate surface area is 119 Å². The summed E-state index contributed by atoms with van der Waals surface area (Å²) in [5, 5.41) is 6.70. The molecular weight excluding hydrogens is 278 g/mol. The molecule has 2 heterocycles. The summed E-state index contributed by atoms with van der Waals surface area (Å²) in [5.41, 5.74) is -0.445. The highest BCUT2D eigenvalue weighted by Gasteiger charge is 2.07. The van der Waals surface area contributed by atoms with Gasteiger partial charge in [0.05, 0.1) is 0 Å². The predicted octanol–water partition coefficient (Wildman–Crippen LogP) is 0.124. The van der Waals surface area contributed by atoms with Crippen LogP contribution in [0.4, 0.5) is 0 Å². The molecule has 0 aliphatic heterocycles. The minimum atomic E-state index is -0.797. The molecule has 2 N–H and O–H groups in total. The van der Waals surface area contributed by atoms with Gasteiger partial charge in [-0.15, -0.1) is 0 Å². The Kier molecular flexibility index (Phi) is 4.70. The average molecular weight is 293 g/mol. The molecule has 106 valence electrons. The number of aryl methyl sites for hydroxylation is 1. The van der Waals surface area contributed by atoms with Crippen molar-refractivity contribution < 1.29 is 0 Å². The van der Waals surface area contributed by atoms with E-state index in [1.54, 1.807) is 13.2 Å². The molecule has 8 heteroatoms. The second-order valence-corrected chi connectivity index (χ2v) is 5.07. The summed E-state index contributed by atoms with van der Waals surface area (Å²) in [6.45, 7) is 3.71. The molecule has 0 bridgehead atoms. The summed E-state index contributed by atoms with van der Waals surface area (Å²) >= 11 is 1.22. The van der Waals surface area contributed by atoms with E-state index in [1.165, 1.54) is 16.4 Å². The van der Waals surface area contributed by atoms with Crippen molar-refractivity contribution in [2.45, 2.75) is 23.7 Å². The molecule has 0 atom stereocenters. The number of hydrogen-bond donors (Lipinski definition) is 2. The molecule has 2 aromatic rings. The molecule has 0 aliphatic rings. The van der Waals surface area contributed by atoms with Crippen molar-refractivity contribution in [3.8, 4) is 0 Å².